The molecular formula is C9H6N3NaO5S. The van der Waals surface area contributed by atoms with Gasteiger partial charge in [-0.1, -0.05) is 0 Å². The van der Waals surface area contributed by atoms with E-state index in [4.69, 9.17) is 9.26 Å². The summed E-state index contributed by atoms with van der Waals surface area (Å²) < 4.78 is 9.77. The van der Waals surface area contributed by atoms with Gasteiger partial charge in [0.2, 0.25) is 0 Å². The van der Waals surface area contributed by atoms with Crippen molar-refractivity contribution in [3.63, 3.8) is 0 Å². The molecule has 0 bridgehead atoms. The third-order valence-corrected chi connectivity index (χ3v) is 2.62. The Hall–Kier alpha value is -1.42. The number of hydrogen-bond donors (Lipinski definition) is 1. The Kier molecular flexibility index (Phi) is 5.48. The largest absolute Gasteiger partial charge is 1.00 e. The Morgan fingerprint density at radius 1 is 1.53 bits per heavy atom. The molecule has 0 aliphatic heterocycles. The molecule has 0 fully saturated rings. The van der Waals surface area contributed by atoms with Gasteiger partial charge < -0.3 is 19.2 Å². The van der Waals surface area contributed by atoms with Gasteiger partial charge in [0.1, 0.15) is 11.7 Å². The maximum absolute atomic E-state index is 10.8. The van der Waals surface area contributed by atoms with E-state index < -0.39 is 11.9 Å². The third-order valence-electron chi connectivity index (χ3n) is 1.86. The summed E-state index contributed by atoms with van der Waals surface area (Å²) in [6.45, 7) is 0. The third kappa shape index (κ3) is 3.77. The second kappa shape index (κ2) is 6.66. The number of anilines is 1. The van der Waals surface area contributed by atoms with Crippen molar-refractivity contribution in [2.75, 3.05) is 12.4 Å². The summed E-state index contributed by atoms with van der Waals surface area (Å²) in [5.74, 6) is -2.45. The van der Waals surface area contributed by atoms with E-state index in [1.54, 1.807) is 5.38 Å². The van der Waals surface area contributed by atoms with Crippen LogP contribution in [-0.2, 0) is 9.59 Å². The number of rotatable bonds is 3. The fourth-order valence-electron chi connectivity index (χ4n) is 1.07. The van der Waals surface area contributed by atoms with E-state index in [1.165, 1.54) is 13.2 Å². The number of carboxylic acids is 1. The van der Waals surface area contributed by atoms with E-state index in [-0.39, 0.29) is 34.7 Å². The molecule has 0 unspecified atom stereocenters. The predicted molar refractivity (Wildman–Crippen MR) is 57.8 cm³/mol. The SMILES string of the molecule is COc1cc(-c2csc(NC(=O)C(=O)[O-])n2)on1.[Na+]. The predicted octanol–water partition coefficient (Wildman–Crippen LogP) is -3.50. The molecule has 0 radical (unpaired) electrons. The van der Waals surface area contributed by atoms with Gasteiger partial charge in [-0.25, -0.2) is 4.98 Å². The van der Waals surface area contributed by atoms with Crippen LogP contribution in [0.1, 0.15) is 0 Å². The molecule has 1 amide bonds. The number of aliphatic carboxylic acids is 1. The van der Waals surface area contributed by atoms with Crippen molar-refractivity contribution in [2.24, 2.45) is 0 Å². The zero-order valence-corrected chi connectivity index (χ0v) is 12.8. The summed E-state index contributed by atoms with van der Waals surface area (Å²) in [6, 6.07) is 1.51. The van der Waals surface area contributed by atoms with E-state index in [0.717, 1.165) is 11.3 Å². The number of nitrogens with one attached hydrogen (secondary N) is 1. The molecule has 0 aliphatic rings. The van der Waals surface area contributed by atoms with Crippen LogP contribution in [-0.4, -0.2) is 29.1 Å². The molecule has 10 heteroatoms. The summed E-state index contributed by atoms with van der Waals surface area (Å²) >= 11 is 1.04. The van der Waals surface area contributed by atoms with Crippen LogP contribution in [0.5, 0.6) is 5.88 Å². The average Bonchev–Trinajstić information content (AvgIpc) is 2.96. The van der Waals surface area contributed by atoms with E-state index in [1.807, 2.05) is 0 Å². The minimum absolute atomic E-state index is 0. The number of methoxy groups -OCH3 is 1. The normalized spacial score (nSPS) is 9.53. The first-order chi connectivity index (χ1) is 8.60. The van der Waals surface area contributed by atoms with Crippen molar-refractivity contribution in [1.82, 2.24) is 10.1 Å². The van der Waals surface area contributed by atoms with Crippen LogP contribution in [0.3, 0.4) is 0 Å². The van der Waals surface area contributed by atoms with Crippen molar-refractivity contribution in [3.8, 4) is 17.3 Å². The number of amides is 1. The van der Waals surface area contributed by atoms with Gasteiger partial charge in [0.15, 0.2) is 10.9 Å². The van der Waals surface area contributed by atoms with Crippen molar-refractivity contribution in [2.45, 2.75) is 0 Å². The van der Waals surface area contributed by atoms with Gasteiger partial charge in [-0.15, -0.1) is 11.3 Å². The average molecular weight is 291 g/mol. The molecule has 0 aromatic carbocycles. The molecule has 8 nitrogen and oxygen atoms in total. The van der Waals surface area contributed by atoms with Crippen molar-refractivity contribution >= 4 is 28.3 Å². The van der Waals surface area contributed by atoms with Crippen LogP contribution < -0.4 is 44.7 Å². The number of carbonyl (C=O) groups is 2. The summed E-state index contributed by atoms with van der Waals surface area (Å²) in [5.41, 5.74) is 0.407. The van der Waals surface area contributed by atoms with Crippen LogP contribution in [0.2, 0.25) is 0 Å². The number of carboxylic acid groups (broad SMARTS) is 1. The van der Waals surface area contributed by atoms with Crippen LogP contribution in [0.4, 0.5) is 5.13 Å². The second-order valence-corrected chi connectivity index (χ2v) is 3.87. The van der Waals surface area contributed by atoms with Gasteiger partial charge >= 0.3 is 29.6 Å². The summed E-state index contributed by atoms with van der Waals surface area (Å²) in [7, 11) is 1.44. The molecule has 2 heterocycles. The van der Waals surface area contributed by atoms with Crippen LogP contribution in [0.15, 0.2) is 16.0 Å². The molecule has 2 rings (SSSR count). The molecule has 0 spiro atoms. The fraction of sp³-hybridized carbons (Fsp3) is 0.111. The van der Waals surface area contributed by atoms with Crippen LogP contribution in [0, 0.1) is 0 Å². The first-order valence-corrected chi connectivity index (χ1v) is 5.47. The zero-order valence-electron chi connectivity index (χ0n) is 10.00. The van der Waals surface area contributed by atoms with Gasteiger partial charge in [0.25, 0.3) is 11.8 Å². The molecule has 0 atom stereocenters. The number of thiazole rings is 1. The monoisotopic (exact) mass is 291 g/mol. The molecule has 0 saturated carbocycles. The van der Waals surface area contributed by atoms with Crippen molar-refractivity contribution in [1.29, 1.82) is 0 Å². The van der Waals surface area contributed by atoms with Gasteiger partial charge in [-0.3, -0.25) is 10.1 Å². The number of carbonyl (C=O) groups excluding carboxylic acids is 2. The van der Waals surface area contributed by atoms with Gasteiger partial charge in [0.05, 0.1) is 13.2 Å². The number of hydrogen-bond acceptors (Lipinski definition) is 8. The maximum atomic E-state index is 10.8. The van der Waals surface area contributed by atoms with Crippen LogP contribution in [0.25, 0.3) is 11.5 Å². The number of ether oxygens (including phenoxy) is 1. The quantitative estimate of drug-likeness (QED) is 0.460. The second-order valence-electron chi connectivity index (χ2n) is 3.01. The van der Waals surface area contributed by atoms with E-state index >= 15 is 0 Å². The molecular weight excluding hydrogens is 285 g/mol. The molecule has 0 aliphatic carbocycles. The molecule has 19 heavy (non-hydrogen) atoms. The van der Waals surface area contributed by atoms with Gasteiger partial charge in [-0.2, -0.15) is 0 Å². The fourth-order valence-corrected chi connectivity index (χ4v) is 1.76. The minimum atomic E-state index is -1.83. The summed E-state index contributed by atoms with van der Waals surface area (Å²) in [4.78, 5) is 25.0. The molecule has 2 aromatic heterocycles. The van der Waals surface area contributed by atoms with E-state index in [9.17, 15) is 14.7 Å². The number of aromatic nitrogens is 2. The molecule has 94 valence electrons. The smallest absolute Gasteiger partial charge is 0.540 e. The van der Waals surface area contributed by atoms with E-state index in [0.29, 0.717) is 17.3 Å². The van der Waals surface area contributed by atoms with Crippen molar-refractivity contribution < 1.29 is 53.5 Å². The zero-order chi connectivity index (χ0) is 13.1. The summed E-state index contributed by atoms with van der Waals surface area (Å²) in [5, 5.41) is 17.6. The van der Waals surface area contributed by atoms with Gasteiger partial charge in [-0.05, 0) is 5.16 Å². The topological polar surface area (TPSA) is 117 Å². The first kappa shape index (κ1) is 15.6. The molecule has 1 N–H and O–H groups in total. The Morgan fingerprint density at radius 2 is 2.26 bits per heavy atom. The standard InChI is InChI=1S/C9H7N3O5S.Na/c1-16-6-2-5(17-12-6)4-3-18-9(10-4)11-7(13)8(14)15;/h2-3H,1H3,(H,14,15)(H,10,11,13);/q;+1/p-1. The van der Waals surface area contributed by atoms with Crippen LogP contribution >= 0.6 is 11.3 Å². The Morgan fingerprint density at radius 3 is 2.84 bits per heavy atom. The number of nitrogens with zero attached hydrogens (tertiary/aromatic N) is 2. The van der Waals surface area contributed by atoms with E-state index in [2.05, 4.69) is 15.5 Å². The molecule has 0 saturated heterocycles. The summed E-state index contributed by atoms with van der Waals surface area (Å²) in [6.07, 6.45) is 0. The molecule has 2 aromatic rings. The Labute approximate surface area is 133 Å². The maximum Gasteiger partial charge on any atom is 1.00 e. The van der Waals surface area contributed by atoms with Crippen molar-refractivity contribution in [3.05, 3.63) is 11.4 Å². The van der Waals surface area contributed by atoms with Gasteiger partial charge in [0, 0.05) is 5.38 Å². The Balaban J connectivity index is 0.00000180. The Bertz CT molecular complexity index is 596. The minimum Gasteiger partial charge on any atom is -0.540 e. The first-order valence-electron chi connectivity index (χ1n) is 4.59.